The number of alkyl halides is 3. The van der Waals surface area contributed by atoms with Crippen molar-refractivity contribution in [2.75, 3.05) is 5.32 Å². The first-order valence-electron chi connectivity index (χ1n) is 7.11. The molecule has 0 saturated heterocycles. The maximum Gasteiger partial charge on any atom is 0.416 e. The first-order valence-corrected chi connectivity index (χ1v) is 7.91. The van der Waals surface area contributed by atoms with Gasteiger partial charge in [0.1, 0.15) is 0 Å². The van der Waals surface area contributed by atoms with Crippen LogP contribution in [0.3, 0.4) is 0 Å². The van der Waals surface area contributed by atoms with Crippen LogP contribution in [0.25, 0.3) is 0 Å². The third kappa shape index (κ3) is 5.32. The molecule has 1 atom stereocenters. The van der Waals surface area contributed by atoms with Crippen LogP contribution in [0.5, 0.6) is 0 Å². The van der Waals surface area contributed by atoms with Crippen molar-refractivity contribution in [3.63, 3.8) is 0 Å². The summed E-state index contributed by atoms with van der Waals surface area (Å²) in [5, 5.41) is 2.30. The van der Waals surface area contributed by atoms with Crippen LogP contribution in [0.2, 0.25) is 0 Å². The summed E-state index contributed by atoms with van der Waals surface area (Å²) in [5.74, 6) is -1.45. The van der Waals surface area contributed by atoms with E-state index < -0.39 is 29.7 Å². The minimum absolute atomic E-state index is 0.0369. The van der Waals surface area contributed by atoms with Gasteiger partial charge in [0, 0.05) is 10.2 Å². The predicted molar refractivity (Wildman–Crippen MR) is 89.1 cm³/mol. The summed E-state index contributed by atoms with van der Waals surface area (Å²) in [4.78, 5) is 24.0. The molecule has 1 N–H and O–H groups in total. The summed E-state index contributed by atoms with van der Waals surface area (Å²) < 4.78 is 43.7. The van der Waals surface area contributed by atoms with E-state index in [1.807, 2.05) is 0 Å². The SMILES string of the molecule is C[C@@H](OC(=O)c1cccc(Br)c1)C(=O)Nc1cccc(C(F)(F)F)c1. The lowest BCUT2D eigenvalue weighted by atomic mass is 10.2. The zero-order chi connectivity index (χ0) is 18.6. The molecule has 2 aromatic carbocycles. The number of halogens is 4. The van der Waals surface area contributed by atoms with Crippen molar-refractivity contribution in [3.05, 3.63) is 64.1 Å². The fourth-order valence-electron chi connectivity index (χ4n) is 1.91. The van der Waals surface area contributed by atoms with Gasteiger partial charge in [-0.3, -0.25) is 4.79 Å². The average molecular weight is 416 g/mol. The maximum atomic E-state index is 12.7. The van der Waals surface area contributed by atoms with Crippen LogP contribution < -0.4 is 5.32 Å². The van der Waals surface area contributed by atoms with E-state index in [1.54, 1.807) is 12.1 Å². The second kappa shape index (κ2) is 7.69. The molecule has 0 bridgehead atoms. The van der Waals surface area contributed by atoms with Crippen LogP contribution in [-0.4, -0.2) is 18.0 Å². The number of carbonyl (C=O) groups excluding carboxylic acids is 2. The van der Waals surface area contributed by atoms with Gasteiger partial charge >= 0.3 is 12.1 Å². The molecule has 0 spiro atoms. The molecule has 0 aliphatic rings. The van der Waals surface area contributed by atoms with Crippen LogP contribution in [0.15, 0.2) is 53.0 Å². The van der Waals surface area contributed by atoms with Crippen LogP contribution in [0.4, 0.5) is 18.9 Å². The van der Waals surface area contributed by atoms with Crippen molar-refractivity contribution in [2.45, 2.75) is 19.2 Å². The summed E-state index contributed by atoms with van der Waals surface area (Å²) in [6.07, 6.45) is -5.69. The smallest absolute Gasteiger partial charge is 0.416 e. The third-order valence-electron chi connectivity index (χ3n) is 3.17. The highest BCUT2D eigenvalue weighted by atomic mass is 79.9. The molecular weight excluding hydrogens is 403 g/mol. The quantitative estimate of drug-likeness (QED) is 0.739. The van der Waals surface area contributed by atoms with Gasteiger partial charge in [-0.1, -0.05) is 28.1 Å². The monoisotopic (exact) mass is 415 g/mol. The predicted octanol–water partition coefficient (Wildman–Crippen LogP) is 4.65. The van der Waals surface area contributed by atoms with E-state index in [0.29, 0.717) is 4.47 Å². The first kappa shape index (κ1) is 19.0. The zero-order valence-electron chi connectivity index (χ0n) is 12.9. The van der Waals surface area contributed by atoms with E-state index in [-0.39, 0.29) is 11.3 Å². The van der Waals surface area contributed by atoms with Crippen molar-refractivity contribution in [2.24, 2.45) is 0 Å². The number of hydrogen-bond acceptors (Lipinski definition) is 3. The standard InChI is InChI=1S/C17H13BrF3NO3/c1-10(25-16(24)11-4-2-6-13(18)8-11)15(23)22-14-7-3-5-12(9-14)17(19,20)21/h2-10H,1H3,(H,22,23)/t10-/m1/s1. The molecule has 1 amide bonds. The molecule has 0 saturated carbocycles. The van der Waals surface area contributed by atoms with Gasteiger partial charge in [0.05, 0.1) is 11.1 Å². The number of benzene rings is 2. The van der Waals surface area contributed by atoms with Gasteiger partial charge in [-0.05, 0) is 43.3 Å². The highest BCUT2D eigenvalue weighted by Gasteiger charge is 2.30. The number of anilines is 1. The van der Waals surface area contributed by atoms with Gasteiger partial charge < -0.3 is 10.1 Å². The molecule has 0 aromatic heterocycles. The lowest BCUT2D eigenvalue weighted by Crippen LogP contribution is -2.30. The molecule has 2 aromatic rings. The summed E-state index contributed by atoms with van der Waals surface area (Å²) in [7, 11) is 0. The van der Waals surface area contributed by atoms with Crippen LogP contribution in [-0.2, 0) is 15.7 Å². The second-order valence-corrected chi connectivity index (χ2v) is 6.04. The number of amides is 1. The molecule has 0 aliphatic heterocycles. The minimum atomic E-state index is -4.51. The topological polar surface area (TPSA) is 55.4 Å². The number of rotatable bonds is 4. The normalized spacial score (nSPS) is 12.4. The molecule has 0 radical (unpaired) electrons. The van der Waals surface area contributed by atoms with Gasteiger partial charge in [-0.15, -0.1) is 0 Å². The molecule has 132 valence electrons. The van der Waals surface area contributed by atoms with Gasteiger partial charge in [0.15, 0.2) is 6.10 Å². The van der Waals surface area contributed by atoms with E-state index in [9.17, 15) is 22.8 Å². The van der Waals surface area contributed by atoms with Crippen LogP contribution in [0, 0.1) is 0 Å². The number of ether oxygens (including phenoxy) is 1. The third-order valence-corrected chi connectivity index (χ3v) is 3.66. The maximum absolute atomic E-state index is 12.7. The Bertz CT molecular complexity index is 793. The fourth-order valence-corrected chi connectivity index (χ4v) is 2.31. The van der Waals surface area contributed by atoms with Crippen molar-refractivity contribution in [3.8, 4) is 0 Å². The van der Waals surface area contributed by atoms with Crippen LogP contribution >= 0.6 is 15.9 Å². The summed E-state index contributed by atoms with van der Waals surface area (Å²) in [6.45, 7) is 1.33. The molecule has 4 nitrogen and oxygen atoms in total. The fraction of sp³-hybridized carbons (Fsp3) is 0.176. The lowest BCUT2D eigenvalue weighted by molar-refractivity contribution is -0.137. The second-order valence-electron chi connectivity index (χ2n) is 5.13. The summed E-state index contributed by atoms with van der Waals surface area (Å²) in [6, 6.07) is 10.6. The van der Waals surface area contributed by atoms with Gasteiger partial charge in [0.25, 0.3) is 5.91 Å². The highest BCUT2D eigenvalue weighted by molar-refractivity contribution is 9.10. The average Bonchev–Trinajstić information content (AvgIpc) is 2.54. The number of nitrogens with one attached hydrogen (secondary N) is 1. The molecule has 0 aliphatic carbocycles. The number of hydrogen-bond donors (Lipinski definition) is 1. The Balaban J connectivity index is 2.02. The molecular formula is C17H13BrF3NO3. The van der Waals surface area contributed by atoms with Gasteiger partial charge in [-0.25, -0.2) is 4.79 Å². The highest BCUT2D eigenvalue weighted by Crippen LogP contribution is 2.30. The van der Waals surface area contributed by atoms with Gasteiger partial charge in [0.2, 0.25) is 0 Å². The molecule has 0 heterocycles. The van der Waals surface area contributed by atoms with E-state index in [0.717, 1.165) is 12.1 Å². The van der Waals surface area contributed by atoms with Crippen LogP contribution in [0.1, 0.15) is 22.8 Å². The Morgan fingerprint density at radius 2 is 1.80 bits per heavy atom. The Morgan fingerprint density at radius 1 is 1.12 bits per heavy atom. The van der Waals surface area contributed by atoms with E-state index >= 15 is 0 Å². The summed E-state index contributed by atoms with van der Waals surface area (Å²) >= 11 is 3.21. The Labute approximate surface area is 150 Å². The molecule has 0 fully saturated rings. The Hall–Kier alpha value is -2.35. The van der Waals surface area contributed by atoms with Crippen molar-refractivity contribution < 1.29 is 27.5 Å². The number of carbonyl (C=O) groups is 2. The van der Waals surface area contributed by atoms with Crippen molar-refractivity contribution in [1.82, 2.24) is 0 Å². The zero-order valence-corrected chi connectivity index (χ0v) is 14.5. The molecule has 25 heavy (non-hydrogen) atoms. The van der Waals surface area contributed by atoms with E-state index in [1.165, 1.54) is 31.2 Å². The number of esters is 1. The molecule has 0 unspecified atom stereocenters. The Kier molecular flexibility index (Phi) is 5.84. The summed E-state index contributed by atoms with van der Waals surface area (Å²) in [5.41, 5.74) is -0.678. The molecule has 8 heteroatoms. The van der Waals surface area contributed by atoms with E-state index in [2.05, 4.69) is 21.2 Å². The van der Waals surface area contributed by atoms with Crippen molar-refractivity contribution in [1.29, 1.82) is 0 Å². The van der Waals surface area contributed by atoms with Crippen molar-refractivity contribution >= 4 is 33.5 Å². The largest absolute Gasteiger partial charge is 0.449 e. The first-order chi connectivity index (χ1) is 11.7. The van der Waals surface area contributed by atoms with E-state index in [4.69, 9.17) is 4.74 Å². The Morgan fingerprint density at radius 3 is 2.44 bits per heavy atom. The van der Waals surface area contributed by atoms with Gasteiger partial charge in [-0.2, -0.15) is 13.2 Å². The molecule has 2 rings (SSSR count). The minimum Gasteiger partial charge on any atom is -0.449 e. The lowest BCUT2D eigenvalue weighted by Gasteiger charge is -2.14.